The van der Waals surface area contributed by atoms with Gasteiger partial charge in [0.2, 0.25) is 5.91 Å². The smallest absolute Gasteiger partial charge is 0.257 e. The highest BCUT2D eigenvalue weighted by atomic mass is 16.5. The Kier molecular flexibility index (Phi) is 5.03. The van der Waals surface area contributed by atoms with Gasteiger partial charge in [-0.25, -0.2) is 0 Å². The van der Waals surface area contributed by atoms with Crippen molar-refractivity contribution in [2.45, 2.75) is 6.92 Å². The highest BCUT2D eigenvalue weighted by Crippen LogP contribution is 2.31. The first kappa shape index (κ1) is 18.3. The number of ether oxygens (including phenoxy) is 3. The third-order valence-corrected chi connectivity index (χ3v) is 4.25. The van der Waals surface area contributed by atoms with Gasteiger partial charge in [0.25, 0.3) is 5.91 Å². The van der Waals surface area contributed by atoms with Gasteiger partial charge in [0.1, 0.15) is 17.2 Å². The molecule has 27 heavy (non-hydrogen) atoms. The zero-order valence-electron chi connectivity index (χ0n) is 15.5. The lowest BCUT2D eigenvalue weighted by atomic mass is 10.1. The Morgan fingerprint density at radius 1 is 0.926 bits per heavy atom. The van der Waals surface area contributed by atoms with Crippen molar-refractivity contribution in [2.75, 3.05) is 26.6 Å². The number of hydrogen-bond acceptors (Lipinski definition) is 5. The molecular weight excluding hydrogens is 348 g/mol. The lowest BCUT2D eigenvalue weighted by molar-refractivity contribution is 0.0941. The van der Waals surface area contributed by atoms with Gasteiger partial charge in [-0.3, -0.25) is 14.2 Å². The summed E-state index contributed by atoms with van der Waals surface area (Å²) in [5.74, 6) is 1.11. The highest BCUT2D eigenvalue weighted by Gasteiger charge is 2.19. The molecule has 7 nitrogen and oxygen atoms in total. The second-order valence-corrected chi connectivity index (χ2v) is 5.84. The number of anilines is 1. The van der Waals surface area contributed by atoms with Gasteiger partial charge < -0.3 is 19.5 Å². The van der Waals surface area contributed by atoms with E-state index in [1.807, 2.05) is 0 Å². The van der Waals surface area contributed by atoms with Gasteiger partial charge in [0.15, 0.2) is 0 Å². The molecule has 2 aromatic carbocycles. The fourth-order valence-corrected chi connectivity index (χ4v) is 2.88. The molecule has 0 saturated carbocycles. The van der Waals surface area contributed by atoms with Crippen LogP contribution >= 0.6 is 0 Å². The summed E-state index contributed by atoms with van der Waals surface area (Å²) >= 11 is 0. The number of fused-ring (bicyclic) bond motifs is 1. The van der Waals surface area contributed by atoms with Crippen LogP contribution in [0.3, 0.4) is 0 Å². The van der Waals surface area contributed by atoms with Crippen LogP contribution in [0.2, 0.25) is 0 Å². The average molecular weight is 368 g/mol. The molecule has 3 aromatic rings. The van der Waals surface area contributed by atoms with E-state index in [1.165, 1.54) is 24.8 Å². The monoisotopic (exact) mass is 368 g/mol. The topological polar surface area (TPSA) is 78.8 Å². The van der Waals surface area contributed by atoms with E-state index in [2.05, 4.69) is 5.32 Å². The summed E-state index contributed by atoms with van der Waals surface area (Å²) in [6.07, 6.45) is 1.52. The molecule has 0 aliphatic rings. The standard InChI is InChI=1S/C20H20N2O5/c1-12(23)22-11-16(15-9-13(25-2)5-7-18(15)22)20(24)21-17-10-14(26-3)6-8-19(17)27-4/h5-11H,1-4H3,(H,21,24). The van der Waals surface area contributed by atoms with Crippen molar-refractivity contribution in [1.82, 2.24) is 4.57 Å². The Morgan fingerprint density at radius 3 is 2.22 bits per heavy atom. The van der Waals surface area contributed by atoms with Gasteiger partial charge in [0, 0.05) is 24.6 Å². The number of nitrogens with zero attached hydrogens (tertiary/aromatic N) is 1. The van der Waals surface area contributed by atoms with Crippen LogP contribution in [-0.2, 0) is 0 Å². The number of carbonyl (C=O) groups excluding carboxylic acids is 2. The normalized spacial score (nSPS) is 10.5. The van der Waals surface area contributed by atoms with Gasteiger partial charge in [-0.05, 0) is 30.3 Å². The van der Waals surface area contributed by atoms with Crippen molar-refractivity contribution < 1.29 is 23.8 Å². The molecule has 0 aliphatic heterocycles. The summed E-state index contributed by atoms with van der Waals surface area (Å²) in [5.41, 5.74) is 1.45. The van der Waals surface area contributed by atoms with Crippen molar-refractivity contribution in [3.05, 3.63) is 48.2 Å². The summed E-state index contributed by atoms with van der Waals surface area (Å²) in [4.78, 5) is 24.9. The number of aromatic nitrogens is 1. The molecule has 0 saturated heterocycles. The Bertz CT molecular complexity index is 1020. The van der Waals surface area contributed by atoms with Gasteiger partial charge in [-0.1, -0.05) is 0 Å². The maximum absolute atomic E-state index is 13.0. The molecule has 140 valence electrons. The second kappa shape index (κ2) is 7.41. The third kappa shape index (κ3) is 3.44. The van der Waals surface area contributed by atoms with Crippen molar-refractivity contribution in [3.8, 4) is 17.2 Å². The van der Waals surface area contributed by atoms with E-state index in [-0.39, 0.29) is 11.8 Å². The second-order valence-electron chi connectivity index (χ2n) is 5.84. The lowest BCUT2D eigenvalue weighted by Gasteiger charge is -2.11. The third-order valence-electron chi connectivity index (χ3n) is 4.25. The predicted molar refractivity (Wildman–Crippen MR) is 102 cm³/mol. The van der Waals surface area contributed by atoms with Crippen LogP contribution in [-0.4, -0.2) is 37.7 Å². The average Bonchev–Trinajstić information content (AvgIpc) is 3.06. The summed E-state index contributed by atoms with van der Waals surface area (Å²) in [6.45, 7) is 1.44. The molecular formula is C20H20N2O5. The Morgan fingerprint density at radius 2 is 1.59 bits per heavy atom. The van der Waals surface area contributed by atoms with E-state index in [1.54, 1.807) is 50.6 Å². The van der Waals surface area contributed by atoms with Crippen LogP contribution in [0, 0.1) is 0 Å². The van der Waals surface area contributed by atoms with Gasteiger partial charge in [-0.15, -0.1) is 0 Å². The molecule has 0 fully saturated rings. The van der Waals surface area contributed by atoms with E-state index in [0.29, 0.717) is 39.4 Å². The molecule has 1 N–H and O–H groups in total. The van der Waals surface area contributed by atoms with Crippen molar-refractivity contribution >= 4 is 28.4 Å². The molecule has 0 spiro atoms. The first-order valence-corrected chi connectivity index (χ1v) is 8.22. The van der Waals surface area contributed by atoms with Gasteiger partial charge >= 0.3 is 0 Å². The minimum atomic E-state index is -0.375. The maximum Gasteiger partial charge on any atom is 0.257 e. The fraction of sp³-hybridized carbons (Fsp3) is 0.200. The molecule has 1 aromatic heterocycles. The number of nitrogens with one attached hydrogen (secondary N) is 1. The maximum atomic E-state index is 13.0. The minimum Gasteiger partial charge on any atom is -0.497 e. The summed E-state index contributed by atoms with van der Waals surface area (Å²) in [5, 5.41) is 3.44. The first-order valence-electron chi connectivity index (χ1n) is 8.22. The Balaban J connectivity index is 2.07. The number of hydrogen-bond donors (Lipinski definition) is 1. The molecule has 0 bridgehead atoms. The van der Waals surface area contributed by atoms with Crippen molar-refractivity contribution in [2.24, 2.45) is 0 Å². The zero-order valence-corrected chi connectivity index (χ0v) is 15.5. The van der Waals surface area contributed by atoms with E-state index in [4.69, 9.17) is 14.2 Å². The molecule has 7 heteroatoms. The summed E-state index contributed by atoms with van der Waals surface area (Å²) in [7, 11) is 4.61. The zero-order chi connectivity index (χ0) is 19.6. The summed E-state index contributed by atoms with van der Waals surface area (Å²) in [6, 6.07) is 10.3. The molecule has 1 heterocycles. The first-order chi connectivity index (χ1) is 13.0. The van der Waals surface area contributed by atoms with Gasteiger partial charge in [-0.2, -0.15) is 0 Å². The Labute approximate surface area is 156 Å². The van der Waals surface area contributed by atoms with Crippen LogP contribution in [0.25, 0.3) is 10.9 Å². The highest BCUT2D eigenvalue weighted by molar-refractivity contribution is 6.15. The van der Waals surface area contributed by atoms with Crippen LogP contribution in [0.4, 0.5) is 5.69 Å². The molecule has 0 radical (unpaired) electrons. The lowest BCUT2D eigenvalue weighted by Crippen LogP contribution is -2.13. The number of rotatable bonds is 5. The van der Waals surface area contributed by atoms with E-state index in [0.717, 1.165) is 0 Å². The van der Waals surface area contributed by atoms with Crippen LogP contribution in [0.5, 0.6) is 17.2 Å². The van der Waals surface area contributed by atoms with Gasteiger partial charge in [0.05, 0.1) is 38.1 Å². The SMILES string of the molecule is COc1ccc(OC)c(NC(=O)c2cn(C(C)=O)c3ccc(OC)cc23)c1. The molecule has 1 amide bonds. The fourth-order valence-electron chi connectivity index (χ4n) is 2.88. The van der Waals surface area contributed by atoms with Crippen LogP contribution < -0.4 is 19.5 Å². The van der Waals surface area contributed by atoms with Crippen molar-refractivity contribution in [1.29, 1.82) is 0 Å². The largest absolute Gasteiger partial charge is 0.497 e. The van der Waals surface area contributed by atoms with Crippen molar-refractivity contribution in [3.63, 3.8) is 0 Å². The van der Waals surface area contributed by atoms with E-state index < -0.39 is 0 Å². The Hall–Kier alpha value is -3.48. The van der Waals surface area contributed by atoms with E-state index in [9.17, 15) is 9.59 Å². The minimum absolute atomic E-state index is 0.192. The predicted octanol–water partition coefficient (Wildman–Crippen LogP) is 3.58. The molecule has 3 rings (SSSR count). The molecule has 0 unspecified atom stereocenters. The van der Waals surface area contributed by atoms with Crippen LogP contribution in [0.15, 0.2) is 42.6 Å². The number of benzene rings is 2. The number of methoxy groups -OCH3 is 3. The number of amides is 1. The van der Waals surface area contributed by atoms with Crippen LogP contribution in [0.1, 0.15) is 22.1 Å². The van der Waals surface area contributed by atoms with E-state index >= 15 is 0 Å². The molecule has 0 aliphatic carbocycles. The quantitative estimate of drug-likeness (QED) is 0.745. The molecule has 0 atom stereocenters. The number of carbonyl (C=O) groups is 2. The summed E-state index contributed by atoms with van der Waals surface area (Å²) < 4.78 is 17.2.